The number of aryl methyl sites for hydroxylation is 1. The van der Waals surface area contributed by atoms with Crippen molar-refractivity contribution >= 4 is 5.57 Å². The van der Waals surface area contributed by atoms with E-state index in [0.717, 1.165) is 0 Å². The van der Waals surface area contributed by atoms with Crippen molar-refractivity contribution in [1.29, 1.82) is 0 Å². The van der Waals surface area contributed by atoms with Crippen molar-refractivity contribution in [2.75, 3.05) is 0 Å². The summed E-state index contributed by atoms with van der Waals surface area (Å²) in [7, 11) is 0. The zero-order valence-corrected chi connectivity index (χ0v) is 11.7. The van der Waals surface area contributed by atoms with Crippen molar-refractivity contribution in [3.63, 3.8) is 0 Å². The molecule has 0 saturated carbocycles. The molecule has 1 aromatic rings. The van der Waals surface area contributed by atoms with Crippen molar-refractivity contribution in [2.24, 2.45) is 11.8 Å². The first-order chi connectivity index (χ1) is 9.40. The van der Waals surface area contributed by atoms with Crippen LogP contribution in [0.2, 0.25) is 0 Å². The summed E-state index contributed by atoms with van der Waals surface area (Å²) in [5.41, 5.74) is 4.57. The third-order valence-corrected chi connectivity index (χ3v) is 4.34. The zero-order chi connectivity index (χ0) is 13.1. The average Bonchev–Trinajstić information content (AvgIpc) is 2.62. The minimum Gasteiger partial charge on any atom is -0.0805 e. The Morgan fingerprint density at radius 1 is 1.16 bits per heavy atom. The van der Waals surface area contributed by atoms with E-state index in [4.69, 9.17) is 0 Å². The van der Waals surface area contributed by atoms with Crippen molar-refractivity contribution in [1.82, 2.24) is 0 Å². The summed E-state index contributed by atoms with van der Waals surface area (Å²) < 4.78 is 0. The summed E-state index contributed by atoms with van der Waals surface area (Å²) in [5, 5.41) is 0. The Morgan fingerprint density at radius 3 is 2.89 bits per heavy atom. The molecule has 98 valence electrons. The molecule has 0 heteroatoms. The van der Waals surface area contributed by atoms with Gasteiger partial charge in [-0.05, 0) is 41.9 Å². The predicted molar refractivity (Wildman–Crippen MR) is 82.9 cm³/mol. The Bertz CT molecular complexity index is 531. The maximum atomic E-state index is 2.48. The first-order valence-corrected chi connectivity index (χ1v) is 7.53. The third kappa shape index (κ3) is 2.45. The lowest BCUT2D eigenvalue weighted by Gasteiger charge is -2.24. The van der Waals surface area contributed by atoms with E-state index >= 15 is 0 Å². The molecule has 0 spiro atoms. The molecule has 2 aliphatic rings. The van der Waals surface area contributed by atoms with Crippen LogP contribution in [0.15, 0.2) is 54.6 Å². The lowest BCUT2D eigenvalue weighted by molar-refractivity contribution is 0.529. The Kier molecular flexibility index (Phi) is 3.68. The van der Waals surface area contributed by atoms with Crippen LogP contribution in [0.5, 0.6) is 0 Å². The summed E-state index contributed by atoms with van der Waals surface area (Å²) in [5.74, 6) is 1.26. The molecular formula is C19H22. The van der Waals surface area contributed by atoms with Crippen LogP contribution in [0.3, 0.4) is 0 Å². The first kappa shape index (κ1) is 12.5. The Morgan fingerprint density at radius 2 is 2.00 bits per heavy atom. The molecule has 0 radical (unpaired) electrons. The molecule has 0 saturated heterocycles. The summed E-state index contributed by atoms with van der Waals surface area (Å²) in [6.07, 6.45) is 16.6. The van der Waals surface area contributed by atoms with Crippen molar-refractivity contribution in [3.8, 4) is 0 Å². The fraction of sp³-hybridized carbons (Fsp3) is 0.368. The van der Waals surface area contributed by atoms with Crippen molar-refractivity contribution in [2.45, 2.75) is 32.6 Å². The van der Waals surface area contributed by atoms with Crippen LogP contribution in [-0.4, -0.2) is 0 Å². The smallest absolute Gasteiger partial charge is 0.00870 e. The van der Waals surface area contributed by atoms with Crippen LogP contribution in [-0.2, 0) is 6.42 Å². The Hall–Kier alpha value is -1.56. The standard InChI is InChI=1S/C19H22/c1-2-3-10-19-17-11-6-4-8-15(17)13-14-16-9-5-7-12-18(16)19/h4-12,15,17H,2-3,13-14H2,1H3/b19-10-. The second-order valence-electron chi connectivity index (χ2n) is 5.60. The Balaban J connectivity index is 2.07. The van der Waals surface area contributed by atoms with Crippen LogP contribution < -0.4 is 0 Å². The second kappa shape index (κ2) is 5.61. The minimum atomic E-state index is 0.584. The third-order valence-electron chi connectivity index (χ3n) is 4.34. The van der Waals surface area contributed by atoms with Crippen LogP contribution in [0.1, 0.15) is 37.3 Å². The van der Waals surface area contributed by atoms with E-state index in [9.17, 15) is 0 Å². The number of unbranched alkanes of at least 4 members (excludes halogenated alkanes) is 1. The van der Waals surface area contributed by atoms with Gasteiger partial charge in [-0.3, -0.25) is 0 Å². The molecule has 2 aliphatic carbocycles. The highest BCUT2D eigenvalue weighted by molar-refractivity contribution is 5.73. The number of hydrogen-bond acceptors (Lipinski definition) is 0. The van der Waals surface area contributed by atoms with Gasteiger partial charge in [0.1, 0.15) is 0 Å². The van der Waals surface area contributed by atoms with E-state index in [1.54, 1.807) is 5.57 Å². The molecule has 0 aromatic heterocycles. The van der Waals surface area contributed by atoms with Gasteiger partial charge in [0, 0.05) is 5.92 Å². The van der Waals surface area contributed by atoms with E-state index < -0.39 is 0 Å². The molecule has 0 aliphatic heterocycles. The van der Waals surface area contributed by atoms with Gasteiger partial charge in [0.05, 0.1) is 0 Å². The van der Waals surface area contributed by atoms with E-state index in [0.29, 0.717) is 11.8 Å². The predicted octanol–water partition coefficient (Wildman–Crippen LogP) is 5.17. The summed E-state index contributed by atoms with van der Waals surface area (Å²) >= 11 is 0. The molecule has 2 unspecified atom stereocenters. The van der Waals surface area contributed by atoms with Gasteiger partial charge in [-0.15, -0.1) is 0 Å². The molecule has 0 fully saturated rings. The number of benzene rings is 1. The maximum Gasteiger partial charge on any atom is 0.00870 e. The average molecular weight is 250 g/mol. The minimum absolute atomic E-state index is 0.584. The Labute approximate surface area is 116 Å². The number of rotatable bonds is 2. The van der Waals surface area contributed by atoms with Crippen LogP contribution in [0.25, 0.3) is 5.57 Å². The largest absolute Gasteiger partial charge is 0.0805 e. The van der Waals surface area contributed by atoms with E-state index in [1.807, 2.05) is 0 Å². The van der Waals surface area contributed by atoms with Crippen molar-refractivity contribution in [3.05, 3.63) is 65.8 Å². The quantitative estimate of drug-likeness (QED) is 0.679. The number of fused-ring (bicyclic) bond motifs is 2. The lowest BCUT2D eigenvalue weighted by atomic mass is 9.80. The van der Waals surface area contributed by atoms with Crippen LogP contribution >= 0.6 is 0 Å². The molecule has 0 nitrogen and oxygen atoms in total. The molecule has 0 amide bonds. The van der Waals surface area contributed by atoms with Gasteiger partial charge in [-0.25, -0.2) is 0 Å². The molecule has 3 rings (SSSR count). The maximum absolute atomic E-state index is 2.48. The van der Waals surface area contributed by atoms with Gasteiger partial charge in [0.15, 0.2) is 0 Å². The summed E-state index contributed by atoms with van der Waals surface area (Å²) in [4.78, 5) is 0. The fourth-order valence-electron chi connectivity index (χ4n) is 3.33. The number of allylic oxidation sites excluding steroid dienone is 6. The molecule has 0 heterocycles. The molecule has 0 N–H and O–H groups in total. The zero-order valence-electron chi connectivity index (χ0n) is 11.7. The highest BCUT2D eigenvalue weighted by Gasteiger charge is 2.27. The molecule has 19 heavy (non-hydrogen) atoms. The molecule has 0 bridgehead atoms. The lowest BCUT2D eigenvalue weighted by Crippen LogP contribution is -2.13. The van der Waals surface area contributed by atoms with Gasteiger partial charge in [0.2, 0.25) is 0 Å². The van der Waals surface area contributed by atoms with Gasteiger partial charge >= 0.3 is 0 Å². The van der Waals surface area contributed by atoms with E-state index in [2.05, 4.69) is 61.6 Å². The van der Waals surface area contributed by atoms with Gasteiger partial charge < -0.3 is 0 Å². The van der Waals surface area contributed by atoms with E-state index in [1.165, 1.54) is 36.8 Å². The van der Waals surface area contributed by atoms with Gasteiger partial charge in [-0.1, -0.05) is 68.0 Å². The number of hydrogen-bond donors (Lipinski definition) is 0. The van der Waals surface area contributed by atoms with Crippen molar-refractivity contribution < 1.29 is 0 Å². The fourth-order valence-corrected chi connectivity index (χ4v) is 3.33. The van der Waals surface area contributed by atoms with Crippen LogP contribution in [0.4, 0.5) is 0 Å². The molecular weight excluding hydrogens is 228 g/mol. The van der Waals surface area contributed by atoms with Gasteiger partial charge in [0.25, 0.3) is 0 Å². The monoisotopic (exact) mass is 250 g/mol. The van der Waals surface area contributed by atoms with Crippen LogP contribution in [0, 0.1) is 11.8 Å². The summed E-state index contributed by atoms with van der Waals surface area (Å²) in [6, 6.07) is 8.98. The van der Waals surface area contributed by atoms with E-state index in [-0.39, 0.29) is 0 Å². The normalized spacial score (nSPS) is 26.9. The first-order valence-electron chi connectivity index (χ1n) is 7.53. The molecule has 2 atom stereocenters. The highest BCUT2D eigenvalue weighted by Crippen LogP contribution is 2.40. The van der Waals surface area contributed by atoms with Gasteiger partial charge in [-0.2, -0.15) is 0 Å². The summed E-state index contributed by atoms with van der Waals surface area (Å²) in [6.45, 7) is 2.26. The molecule has 1 aromatic carbocycles. The SMILES string of the molecule is CCC/C=C1\c2ccccc2CCC2C=CC=CC12. The highest BCUT2D eigenvalue weighted by atomic mass is 14.3. The topological polar surface area (TPSA) is 0 Å². The second-order valence-corrected chi connectivity index (χ2v) is 5.60.